The number of nitrogens with zero attached hydrogens (tertiary/aromatic N) is 2. The van der Waals surface area contributed by atoms with E-state index in [4.69, 9.17) is 16.3 Å². The number of rotatable bonds is 11. The Morgan fingerprint density at radius 1 is 0.971 bits per heavy atom. The standard InChI is InChI=1S/C24H31ClN6O3S/c1-6-27-35(32,33)28-13-18-8-9-21(15(3)10-18)30-23-20(25)14-26-24(31-23)29-19-11-16(4)22(34-7-2)17(5)12-19/h8-12,14,27-28H,6-7,13H2,1-5H3,(H2,26,29,30,31). The molecule has 0 atom stereocenters. The van der Waals surface area contributed by atoms with Gasteiger partial charge in [-0.15, -0.1) is 0 Å². The number of ether oxygens (including phenoxy) is 1. The average Bonchev–Trinajstić information content (AvgIpc) is 2.79. The molecule has 2 aromatic carbocycles. The Morgan fingerprint density at radius 3 is 2.31 bits per heavy atom. The molecule has 0 aliphatic rings. The average molecular weight is 519 g/mol. The summed E-state index contributed by atoms with van der Waals surface area (Å²) in [5, 5.41) is 6.84. The van der Waals surface area contributed by atoms with Crippen molar-refractivity contribution in [2.24, 2.45) is 0 Å². The van der Waals surface area contributed by atoms with Crippen LogP contribution in [0.3, 0.4) is 0 Å². The van der Waals surface area contributed by atoms with Crippen molar-refractivity contribution in [1.82, 2.24) is 19.4 Å². The van der Waals surface area contributed by atoms with E-state index < -0.39 is 10.2 Å². The number of benzene rings is 2. The van der Waals surface area contributed by atoms with Crippen LogP contribution in [0.5, 0.6) is 5.75 Å². The van der Waals surface area contributed by atoms with Gasteiger partial charge in [0.05, 0.1) is 12.8 Å². The highest BCUT2D eigenvalue weighted by atomic mass is 35.5. The van der Waals surface area contributed by atoms with Crippen LogP contribution in [0.2, 0.25) is 5.02 Å². The van der Waals surface area contributed by atoms with Crippen molar-refractivity contribution in [3.05, 3.63) is 63.8 Å². The molecule has 35 heavy (non-hydrogen) atoms. The lowest BCUT2D eigenvalue weighted by Gasteiger charge is -2.15. The Labute approximate surface area is 211 Å². The van der Waals surface area contributed by atoms with Crippen LogP contribution in [0.1, 0.15) is 36.1 Å². The topological polar surface area (TPSA) is 117 Å². The number of halogens is 1. The maximum Gasteiger partial charge on any atom is 0.277 e. The maximum absolute atomic E-state index is 11.8. The van der Waals surface area contributed by atoms with Crippen LogP contribution in [0.25, 0.3) is 0 Å². The third-order valence-corrected chi connectivity index (χ3v) is 6.56. The van der Waals surface area contributed by atoms with Gasteiger partial charge in [0.2, 0.25) is 5.95 Å². The minimum absolute atomic E-state index is 0.180. The van der Waals surface area contributed by atoms with Gasteiger partial charge in [-0.25, -0.2) is 9.71 Å². The highest BCUT2D eigenvalue weighted by molar-refractivity contribution is 7.87. The van der Waals surface area contributed by atoms with E-state index in [2.05, 4.69) is 30.0 Å². The molecule has 4 N–H and O–H groups in total. The Kier molecular flexibility index (Phi) is 8.90. The van der Waals surface area contributed by atoms with Crippen molar-refractivity contribution in [3.8, 4) is 5.75 Å². The van der Waals surface area contributed by atoms with Crippen LogP contribution in [-0.2, 0) is 16.8 Å². The fourth-order valence-corrected chi connectivity index (χ4v) is 4.54. The third kappa shape index (κ3) is 7.28. The molecule has 9 nitrogen and oxygen atoms in total. The first-order valence-corrected chi connectivity index (χ1v) is 13.1. The van der Waals surface area contributed by atoms with E-state index in [1.165, 1.54) is 6.20 Å². The summed E-state index contributed by atoms with van der Waals surface area (Å²) in [5.41, 5.74) is 5.41. The molecule has 0 unspecified atom stereocenters. The molecular weight excluding hydrogens is 488 g/mol. The molecule has 1 heterocycles. The van der Waals surface area contributed by atoms with Crippen LogP contribution in [0.15, 0.2) is 36.5 Å². The van der Waals surface area contributed by atoms with Crippen molar-refractivity contribution >= 4 is 45.0 Å². The molecule has 1 aromatic heterocycles. The highest BCUT2D eigenvalue weighted by Crippen LogP contribution is 2.30. The van der Waals surface area contributed by atoms with E-state index in [-0.39, 0.29) is 6.54 Å². The summed E-state index contributed by atoms with van der Waals surface area (Å²) < 4.78 is 34.2. The third-order valence-electron chi connectivity index (χ3n) is 5.09. The van der Waals surface area contributed by atoms with Gasteiger partial charge in [0.15, 0.2) is 5.82 Å². The van der Waals surface area contributed by atoms with Crippen molar-refractivity contribution in [2.45, 2.75) is 41.2 Å². The number of hydrogen-bond acceptors (Lipinski definition) is 7. The SMILES string of the molecule is CCNS(=O)(=O)NCc1ccc(Nc2nc(Nc3cc(C)c(OCC)c(C)c3)ncc2Cl)c(C)c1. The lowest BCUT2D eigenvalue weighted by atomic mass is 10.1. The minimum atomic E-state index is -3.51. The van der Waals surface area contributed by atoms with Crippen LogP contribution < -0.4 is 24.8 Å². The van der Waals surface area contributed by atoms with Crippen molar-refractivity contribution in [2.75, 3.05) is 23.8 Å². The Bertz CT molecular complexity index is 1280. The van der Waals surface area contributed by atoms with E-state index >= 15 is 0 Å². The van der Waals surface area contributed by atoms with E-state index in [0.29, 0.717) is 29.9 Å². The largest absolute Gasteiger partial charge is 0.493 e. The first kappa shape index (κ1) is 26.7. The van der Waals surface area contributed by atoms with E-state index in [0.717, 1.165) is 39.4 Å². The van der Waals surface area contributed by atoms with Gasteiger partial charge in [0.25, 0.3) is 10.2 Å². The van der Waals surface area contributed by atoms with Gasteiger partial charge in [-0.2, -0.15) is 18.1 Å². The summed E-state index contributed by atoms with van der Waals surface area (Å²) in [6.07, 6.45) is 1.53. The fraction of sp³-hybridized carbons (Fsp3) is 0.333. The number of aryl methyl sites for hydroxylation is 3. The second kappa shape index (κ2) is 11.7. The molecule has 0 radical (unpaired) electrons. The molecule has 188 valence electrons. The summed E-state index contributed by atoms with van der Waals surface area (Å²) in [4.78, 5) is 8.83. The first-order valence-electron chi connectivity index (χ1n) is 11.3. The lowest BCUT2D eigenvalue weighted by Crippen LogP contribution is -2.35. The number of nitrogens with one attached hydrogen (secondary N) is 4. The summed E-state index contributed by atoms with van der Waals surface area (Å²) in [6, 6.07) is 9.56. The Hall–Kier alpha value is -2.92. The van der Waals surface area contributed by atoms with Crippen LogP contribution >= 0.6 is 11.6 Å². The van der Waals surface area contributed by atoms with Gasteiger partial charge in [0, 0.05) is 24.5 Å². The normalized spacial score (nSPS) is 11.4. The van der Waals surface area contributed by atoms with Crippen molar-refractivity contribution in [3.63, 3.8) is 0 Å². The zero-order valence-corrected chi connectivity index (χ0v) is 22.1. The van der Waals surface area contributed by atoms with Gasteiger partial charge in [-0.1, -0.05) is 30.7 Å². The lowest BCUT2D eigenvalue weighted by molar-refractivity contribution is 0.335. The second-order valence-electron chi connectivity index (χ2n) is 7.98. The minimum Gasteiger partial charge on any atom is -0.493 e. The first-order chi connectivity index (χ1) is 16.6. The van der Waals surface area contributed by atoms with Gasteiger partial charge in [-0.3, -0.25) is 0 Å². The molecule has 0 aliphatic carbocycles. The molecule has 0 aliphatic heterocycles. The van der Waals surface area contributed by atoms with Crippen molar-refractivity contribution < 1.29 is 13.2 Å². The predicted octanol–water partition coefficient (Wildman–Crippen LogP) is 4.89. The molecule has 0 amide bonds. The van der Waals surface area contributed by atoms with E-state index in [1.54, 1.807) is 6.92 Å². The summed E-state index contributed by atoms with van der Waals surface area (Å²) in [7, 11) is -3.51. The van der Waals surface area contributed by atoms with Gasteiger partial charge in [0.1, 0.15) is 10.8 Å². The Morgan fingerprint density at radius 2 is 1.69 bits per heavy atom. The molecule has 11 heteroatoms. The number of anilines is 4. The molecular formula is C24H31ClN6O3S. The fourth-order valence-electron chi connectivity index (χ4n) is 3.56. The maximum atomic E-state index is 11.8. The molecule has 0 saturated heterocycles. The van der Waals surface area contributed by atoms with Gasteiger partial charge in [-0.05, 0) is 68.1 Å². The molecule has 0 spiro atoms. The molecule has 3 aromatic rings. The number of hydrogen-bond donors (Lipinski definition) is 4. The van der Waals surface area contributed by atoms with Crippen LogP contribution in [-0.4, -0.2) is 31.5 Å². The van der Waals surface area contributed by atoms with Gasteiger partial charge < -0.3 is 15.4 Å². The molecule has 0 saturated carbocycles. The molecule has 0 fully saturated rings. The monoisotopic (exact) mass is 518 g/mol. The molecule has 3 rings (SSSR count). The van der Waals surface area contributed by atoms with Crippen LogP contribution in [0.4, 0.5) is 23.1 Å². The van der Waals surface area contributed by atoms with E-state index in [9.17, 15) is 8.42 Å². The molecule has 0 bridgehead atoms. The predicted molar refractivity (Wildman–Crippen MR) is 141 cm³/mol. The highest BCUT2D eigenvalue weighted by Gasteiger charge is 2.12. The summed E-state index contributed by atoms with van der Waals surface area (Å²) in [5.74, 6) is 1.73. The summed E-state index contributed by atoms with van der Waals surface area (Å²) in [6.45, 7) is 10.7. The van der Waals surface area contributed by atoms with E-state index in [1.807, 2.05) is 58.0 Å². The second-order valence-corrected chi connectivity index (χ2v) is 9.98. The van der Waals surface area contributed by atoms with Gasteiger partial charge >= 0.3 is 0 Å². The smallest absolute Gasteiger partial charge is 0.277 e. The zero-order valence-electron chi connectivity index (χ0n) is 20.5. The number of aromatic nitrogens is 2. The summed E-state index contributed by atoms with van der Waals surface area (Å²) >= 11 is 6.35. The zero-order chi connectivity index (χ0) is 25.6. The quantitative estimate of drug-likeness (QED) is 0.285. The Balaban J connectivity index is 1.75. The van der Waals surface area contributed by atoms with Crippen molar-refractivity contribution in [1.29, 1.82) is 0 Å². The van der Waals surface area contributed by atoms with Crippen LogP contribution in [0, 0.1) is 20.8 Å².